The summed E-state index contributed by atoms with van der Waals surface area (Å²) in [6, 6.07) is 6.17. The molecule has 0 radical (unpaired) electrons. The molecule has 1 aromatic carbocycles. The van der Waals surface area contributed by atoms with Crippen molar-refractivity contribution in [2.75, 3.05) is 6.26 Å². The van der Waals surface area contributed by atoms with Crippen molar-refractivity contribution in [3.63, 3.8) is 0 Å². The number of halogens is 1. The van der Waals surface area contributed by atoms with Crippen LogP contribution in [0.1, 0.15) is 24.8 Å². The van der Waals surface area contributed by atoms with Crippen LogP contribution in [-0.2, 0) is 16.3 Å². The third kappa shape index (κ3) is 2.57. The highest BCUT2D eigenvalue weighted by atomic mass is 32.2. The second-order valence-corrected chi connectivity index (χ2v) is 7.31. The second-order valence-electron chi connectivity index (χ2n) is 5.08. The van der Waals surface area contributed by atoms with Gasteiger partial charge in [-0.1, -0.05) is 18.2 Å². The van der Waals surface area contributed by atoms with Gasteiger partial charge in [-0.2, -0.15) is 0 Å². The maximum atomic E-state index is 13.6. The minimum absolute atomic E-state index is 0.0530. The average Bonchev–Trinajstić information content (AvgIpc) is 2.63. The molecule has 0 saturated heterocycles. The summed E-state index contributed by atoms with van der Waals surface area (Å²) in [6.45, 7) is 0. The number of hydrogen-bond acceptors (Lipinski definition) is 3. The van der Waals surface area contributed by atoms with Gasteiger partial charge < -0.3 is 5.11 Å². The first-order chi connectivity index (χ1) is 8.33. The van der Waals surface area contributed by atoms with Gasteiger partial charge in [0, 0.05) is 12.7 Å². The van der Waals surface area contributed by atoms with E-state index in [1.165, 1.54) is 6.07 Å². The Balaban J connectivity index is 2.30. The molecule has 1 saturated carbocycles. The number of aliphatic hydroxyl groups is 1. The molecule has 5 heteroatoms. The van der Waals surface area contributed by atoms with Crippen molar-refractivity contribution in [1.82, 2.24) is 0 Å². The summed E-state index contributed by atoms with van der Waals surface area (Å²) in [4.78, 5) is 0. The van der Waals surface area contributed by atoms with Gasteiger partial charge in [-0.05, 0) is 30.9 Å². The Kier molecular flexibility index (Phi) is 3.47. The minimum Gasteiger partial charge on any atom is -0.388 e. The number of benzene rings is 1. The molecule has 0 aromatic heterocycles. The van der Waals surface area contributed by atoms with Crippen LogP contribution >= 0.6 is 0 Å². The van der Waals surface area contributed by atoms with Crippen molar-refractivity contribution in [1.29, 1.82) is 0 Å². The zero-order valence-electron chi connectivity index (χ0n) is 10.3. The fourth-order valence-electron chi connectivity index (χ4n) is 2.81. The molecule has 1 fully saturated rings. The molecule has 0 bridgehead atoms. The van der Waals surface area contributed by atoms with Crippen molar-refractivity contribution in [3.05, 3.63) is 35.6 Å². The molecule has 2 rings (SSSR count). The Morgan fingerprint density at radius 1 is 1.44 bits per heavy atom. The lowest BCUT2D eigenvalue weighted by atomic mass is 9.92. The van der Waals surface area contributed by atoms with Gasteiger partial charge in [0.1, 0.15) is 5.82 Å². The van der Waals surface area contributed by atoms with Crippen LogP contribution in [-0.4, -0.2) is 30.6 Å². The zero-order valence-corrected chi connectivity index (χ0v) is 11.1. The van der Waals surface area contributed by atoms with E-state index in [-0.39, 0.29) is 6.42 Å². The topological polar surface area (TPSA) is 54.4 Å². The Morgan fingerprint density at radius 2 is 2.11 bits per heavy atom. The highest BCUT2D eigenvalue weighted by Gasteiger charge is 2.46. The SMILES string of the molecule is CS(=O)(=O)C1CCCC1(O)Cc1ccccc1F. The molecule has 18 heavy (non-hydrogen) atoms. The smallest absolute Gasteiger partial charge is 0.153 e. The highest BCUT2D eigenvalue weighted by molar-refractivity contribution is 7.91. The predicted molar refractivity (Wildman–Crippen MR) is 67.5 cm³/mol. The summed E-state index contributed by atoms with van der Waals surface area (Å²) in [6.07, 6.45) is 2.69. The Bertz CT molecular complexity index is 541. The Hall–Kier alpha value is -0.940. The van der Waals surface area contributed by atoms with E-state index >= 15 is 0 Å². The third-order valence-electron chi connectivity index (χ3n) is 3.65. The van der Waals surface area contributed by atoms with Crippen LogP contribution in [0.4, 0.5) is 4.39 Å². The molecule has 0 spiro atoms. The van der Waals surface area contributed by atoms with Crippen molar-refractivity contribution < 1.29 is 17.9 Å². The normalized spacial score (nSPS) is 28.5. The van der Waals surface area contributed by atoms with Crippen molar-refractivity contribution >= 4 is 9.84 Å². The summed E-state index contributed by atoms with van der Waals surface area (Å²) >= 11 is 0. The van der Waals surface area contributed by atoms with Crippen LogP contribution in [0, 0.1) is 5.82 Å². The number of rotatable bonds is 3. The molecular weight excluding hydrogens is 255 g/mol. The summed E-state index contributed by atoms with van der Waals surface area (Å²) in [5, 5.41) is 9.73. The van der Waals surface area contributed by atoms with Gasteiger partial charge >= 0.3 is 0 Å². The molecule has 0 heterocycles. The highest BCUT2D eigenvalue weighted by Crippen LogP contribution is 2.37. The first kappa shape index (κ1) is 13.5. The molecule has 3 nitrogen and oxygen atoms in total. The summed E-state index contributed by atoms with van der Waals surface area (Å²) in [7, 11) is -3.32. The maximum absolute atomic E-state index is 13.6. The van der Waals surface area contributed by atoms with Crippen LogP contribution in [0.3, 0.4) is 0 Å². The maximum Gasteiger partial charge on any atom is 0.153 e. The lowest BCUT2D eigenvalue weighted by Crippen LogP contribution is -2.44. The molecule has 1 aliphatic carbocycles. The van der Waals surface area contributed by atoms with E-state index in [0.29, 0.717) is 24.8 Å². The Labute approximate surface area is 107 Å². The van der Waals surface area contributed by atoms with Crippen molar-refractivity contribution in [3.8, 4) is 0 Å². The van der Waals surface area contributed by atoms with E-state index < -0.39 is 26.5 Å². The van der Waals surface area contributed by atoms with Crippen LogP contribution in [0.2, 0.25) is 0 Å². The summed E-state index contributed by atoms with van der Waals surface area (Å²) in [5.74, 6) is -0.398. The first-order valence-corrected chi connectivity index (χ1v) is 7.93. The molecule has 0 aliphatic heterocycles. The van der Waals surface area contributed by atoms with Crippen LogP contribution < -0.4 is 0 Å². The quantitative estimate of drug-likeness (QED) is 0.911. The molecular formula is C13H17FO3S. The standard InChI is InChI=1S/C13H17FO3S/c1-18(16,17)12-7-4-8-13(12,15)9-10-5-2-3-6-11(10)14/h2-3,5-6,12,15H,4,7-9H2,1H3. The van der Waals surface area contributed by atoms with Gasteiger partial charge in [0.2, 0.25) is 0 Å². The number of sulfone groups is 1. The van der Waals surface area contributed by atoms with E-state index in [2.05, 4.69) is 0 Å². The van der Waals surface area contributed by atoms with Gasteiger partial charge in [-0.25, -0.2) is 12.8 Å². The Morgan fingerprint density at radius 3 is 2.72 bits per heavy atom. The van der Waals surface area contributed by atoms with Gasteiger partial charge in [-0.15, -0.1) is 0 Å². The van der Waals surface area contributed by atoms with Crippen LogP contribution in [0.15, 0.2) is 24.3 Å². The van der Waals surface area contributed by atoms with Gasteiger partial charge in [-0.3, -0.25) is 0 Å². The van der Waals surface area contributed by atoms with E-state index in [1.54, 1.807) is 18.2 Å². The molecule has 2 unspecified atom stereocenters. The number of hydrogen-bond donors (Lipinski definition) is 1. The van der Waals surface area contributed by atoms with E-state index in [0.717, 1.165) is 6.26 Å². The largest absolute Gasteiger partial charge is 0.388 e. The lowest BCUT2D eigenvalue weighted by molar-refractivity contribution is 0.0504. The summed E-state index contributed by atoms with van der Waals surface area (Å²) < 4.78 is 36.9. The predicted octanol–water partition coefficient (Wildman–Crippen LogP) is 1.70. The molecule has 1 aliphatic rings. The van der Waals surface area contributed by atoms with E-state index in [1.807, 2.05) is 0 Å². The van der Waals surface area contributed by atoms with Gasteiger partial charge in [0.25, 0.3) is 0 Å². The van der Waals surface area contributed by atoms with E-state index in [9.17, 15) is 17.9 Å². The van der Waals surface area contributed by atoms with Crippen molar-refractivity contribution in [2.45, 2.75) is 36.5 Å². The minimum atomic E-state index is -3.32. The second kappa shape index (κ2) is 4.63. The summed E-state index contributed by atoms with van der Waals surface area (Å²) in [5.41, 5.74) is -0.967. The van der Waals surface area contributed by atoms with Crippen molar-refractivity contribution in [2.24, 2.45) is 0 Å². The monoisotopic (exact) mass is 272 g/mol. The average molecular weight is 272 g/mol. The molecule has 1 aromatic rings. The van der Waals surface area contributed by atoms with Gasteiger partial charge in [0.15, 0.2) is 9.84 Å². The fourth-order valence-corrected chi connectivity index (χ4v) is 4.40. The van der Waals surface area contributed by atoms with Gasteiger partial charge in [0.05, 0.1) is 10.9 Å². The fraction of sp³-hybridized carbons (Fsp3) is 0.538. The van der Waals surface area contributed by atoms with Crippen LogP contribution in [0.25, 0.3) is 0 Å². The first-order valence-electron chi connectivity index (χ1n) is 5.97. The molecule has 100 valence electrons. The lowest BCUT2D eigenvalue weighted by Gasteiger charge is -2.29. The van der Waals surface area contributed by atoms with E-state index in [4.69, 9.17) is 0 Å². The van der Waals surface area contributed by atoms with Crippen LogP contribution in [0.5, 0.6) is 0 Å². The zero-order chi connectivity index (χ0) is 13.4. The molecule has 0 amide bonds. The molecule has 2 atom stereocenters. The molecule has 1 N–H and O–H groups in total. The third-order valence-corrected chi connectivity index (χ3v) is 5.35.